The summed E-state index contributed by atoms with van der Waals surface area (Å²) < 4.78 is 13.6. The predicted octanol–water partition coefficient (Wildman–Crippen LogP) is 3.53. The number of carbonyl (C=O) groups is 1. The van der Waals surface area contributed by atoms with Gasteiger partial charge in [-0.3, -0.25) is 4.79 Å². The fourth-order valence-corrected chi connectivity index (χ4v) is 2.47. The molecule has 6 heteroatoms. The molecule has 3 nitrogen and oxygen atoms in total. The molecule has 1 aromatic heterocycles. The highest BCUT2D eigenvalue weighted by Crippen LogP contribution is 2.22. The molecule has 0 bridgehead atoms. The summed E-state index contributed by atoms with van der Waals surface area (Å²) in [6, 6.07) is 5.74. The Morgan fingerprint density at radius 2 is 2.24 bits per heavy atom. The minimum atomic E-state index is -0.597. The molecule has 0 spiro atoms. The minimum Gasteiger partial charge on any atom is -0.395 e. The smallest absolute Gasteiger partial charge is 0.267 e. The van der Waals surface area contributed by atoms with Crippen molar-refractivity contribution in [3.05, 3.63) is 50.9 Å². The van der Waals surface area contributed by atoms with E-state index >= 15 is 0 Å². The molecule has 0 aliphatic rings. The van der Waals surface area contributed by atoms with Gasteiger partial charge in [-0.15, -0.1) is 11.3 Å². The van der Waals surface area contributed by atoms with Gasteiger partial charge in [-0.2, -0.15) is 0 Å². The van der Waals surface area contributed by atoms with Crippen LogP contribution in [0, 0.1) is 17.7 Å². The van der Waals surface area contributed by atoms with Crippen molar-refractivity contribution in [2.75, 3.05) is 11.9 Å². The monoisotopic (exact) mass is 323 g/mol. The largest absolute Gasteiger partial charge is 0.395 e. The fraction of sp³-hybridized carbons (Fsp3) is 0.133. The number of benzene rings is 1. The van der Waals surface area contributed by atoms with Gasteiger partial charge in [-0.05, 0) is 29.6 Å². The lowest BCUT2D eigenvalue weighted by molar-refractivity contribution is 0.103. The van der Waals surface area contributed by atoms with Crippen LogP contribution in [0.5, 0.6) is 0 Å². The highest BCUT2D eigenvalue weighted by atomic mass is 35.5. The average molecular weight is 324 g/mol. The van der Waals surface area contributed by atoms with E-state index in [4.69, 9.17) is 16.7 Å². The van der Waals surface area contributed by atoms with Crippen molar-refractivity contribution in [1.29, 1.82) is 0 Å². The predicted molar refractivity (Wildman–Crippen MR) is 82.3 cm³/mol. The molecule has 0 fully saturated rings. The summed E-state index contributed by atoms with van der Waals surface area (Å²) in [6.07, 6.45) is 0.336. The van der Waals surface area contributed by atoms with E-state index < -0.39 is 11.7 Å². The molecule has 21 heavy (non-hydrogen) atoms. The van der Waals surface area contributed by atoms with Gasteiger partial charge >= 0.3 is 0 Å². The van der Waals surface area contributed by atoms with Crippen LogP contribution in [0.2, 0.25) is 5.02 Å². The van der Waals surface area contributed by atoms with Gasteiger partial charge in [0.05, 0.1) is 12.3 Å². The lowest BCUT2D eigenvalue weighted by Crippen LogP contribution is -2.12. The number of hydrogen-bond acceptors (Lipinski definition) is 3. The van der Waals surface area contributed by atoms with Crippen LogP contribution < -0.4 is 5.32 Å². The van der Waals surface area contributed by atoms with E-state index in [2.05, 4.69) is 17.2 Å². The number of hydrogen-bond donors (Lipinski definition) is 2. The van der Waals surface area contributed by atoms with E-state index in [0.717, 1.165) is 6.07 Å². The van der Waals surface area contributed by atoms with E-state index in [1.165, 1.54) is 23.5 Å². The van der Waals surface area contributed by atoms with Gasteiger partial charge < -0.3 is 10.4 Å². The van der Waals surface area contributed by atoms with Gasteiger partial charge in [0.15, 0.2) is 0 Å². The molecule has 2 rings (SSSR count). The van der Waals surface area contributed by atoms with Crippen molar-refractivity contribution in [3.63, 3.8) is 0 Å². The zero-order valence-corrected chi connectivity index (χ0v) is 12.4. The molecule has 2 N–H and O–H groups in total. The molecule has 2 aromatic rings. The normalized spacial score (nSPS) is 9.86. The minimum absolute atomic E-state index is 0.0331. The Bertz CT molecular complexity index is 718. The van der Waals surface area contributed by atoms with Crippen LogP contribution in [0.3, 0.4) is 0 Å². The molecular formula is C15H11ClFNO2S. The maximum Gasteiger partial charge on any atom is 0.267 e. The van der Waals surface area contributed by atoms with Gasteiger partial charge in [-0.1, -0.05) is 23.4 Å². The van der Waals surface area contributed by atoms with Crippen molar-refractivity contribution < 1.29 is 14.3 Å². The van der Waals surface area contributed by atoms with Crippen molar-refractivity contribution in [2.24, 2.45) is 0 Å². The van der Waals surface area contributed by atoms with E-state index in [1.807, 2.05) is 0 Å². The summed E-state index contributed by atoms with van der Waals surface area (Å²) in [5.41, 5.74) is 0.618. The Kier molecular flexibility index (Phi) is 5.34. The molecule has 0 saturated carbocycles. The molecule has 0 aliphatic heterocycles. The summed E-state index contributed by atoms with van der Waals surface area (Å²) >= 11 is 6.88. The number of rotatable bonds is 3. The van der Waals surface area contributed by atoms with Crippen molar-refractivity contribution in [3.8, 4) is 11.8 Å². The summed E-state index contributed by atoms with van der Waals surface area (Å²) in [5.74, 6) is 4.53. The van der Waals surface area contributed by atoms with Crippen LogP contribution in [0.15, 0.2) is 29.6 Å². The Morgan fingerprint density at radius 1 is 1.43 bits per heavy atom. The summed E-state index contributed by atoms with van der Waals surface area (Å²) in [5, 5.41) is 13.2. The van der Waals surface area contributed by atoms with Crippen LogP contribution in [-0.2, 0) is 0 Å². The van der Waals surface area contributed by atoms with Crippen LogP contribution >= 0.6 is 22.9 Å². The van der Waals surface area contributed by atoms with Crippen molar-refractivity contribution in [2.45, 2.75) is 6.42 Å². The fourth-order valence-electron chi connectivity index (χ4n) is 1.57. The van der Waals surface area contributed by atoms with E-state index in [-0.39, 0.29) is 17.3 Å². The first kappa shape index (κ1) is 15.5. The van der Waals surface area contributed by atoms with Crippen LogP contribution in [0.4, 0.5) is 10.1 Å². The van der Waals surface area contributed by atoms with Crippen molar-refractivity contribution in [1.82, 2.24) is 0 Å². The Balaban J connectivity index is 2.18. The molecule has 0 atom stereocenters. The topological polar surface area (TPSA) is 49.3 Å². The van der Waals surface area contributed by atoms with Crippen LogP contribution in [-0.4, -0.2) is 17.6 Å². The second-order valence-electron chi connectivity index (χ2n) is 4.02. The van der Waals surface area contributed by atoms with Gasteiger partial charge in [-0.25, -0.2) is 4.39 Å². The van der Waals surface area contributed by atoms with E-state index in [9.17, 15) is 9.18 Å². The first-order valence-corrected chi connectivity index (χ1v) is 7.31. The first-order valence-electron chi connectivity index (χ1n) is 6.05. The molecule has 0 radical (unpaired) electrons. The number of aliphatic hydroxyl groups is 1. The number of thiophene rings is 1. The number of nitrogens with one attached hydrogen (secondary N) is 1. The summed E-state index contributed by atoms with van der Waals surface area (Å²) in [7, 11) is 0. The molecule has 0 saturated heterocycles. The Labute approximate surface area is 130 Å². The number of aliphatic hydroxyl groups excluding tert-OH is 1. The van der Waals surface area contributed by atoms with Gasteiger partial charge in [0.2, 0.25) is 0 Å². The third kappa shape index (κ3) is 4.05. The number of anilines is 1. The lowest BCUT2D eigenvalue weighted by atomic mass is 10.2. The third-order valence-corrected chi connectivity index (χ3v) is 3.66. The van der Waals surface area contributed by atoms with E-state index in [1.54, 1.807) is 11.4 Å². The van der Waals surface area contributed by atoms with Gasteiger partial charge in [0.1, 0.15) is 10.7 Å². The maximum absolute atomic E-state index is 13.6. The van der Waals surface area contributed by atoms with Crippen LogP contribution in [0.1, 0.15) is 21.7 Å². The lowest BCUT2D eigenvalue weighted by Gasteiger charge is -2.05. The zero-order chi connectivity index (χ0) is 15.2. The number of amides is 1. The Hall–Kier alpha value is -1.87. The molecule has 1 heterocycles. The van der Waals surface area contributed by atoms with E-state index in [0.29, 0.717) is 16.9 Å². The summed E-state index contributed by atoms with van der Waals surface area (Å²) in [6.45, 7) is -0.0331. The molecule has 1 aromatic carbocycles. The molecular weight excluding hydrogens is 313 g/mol. The molecule has 1 amide bonds. The average Bonchev–Trinajstić information content (AvgIpc) is 2.91. The molecule has 0 unspecified atom stereocenters. The quantitative estimate of drug-likeness (QED) is 0.849. The Morgan fingerprint density at radius 3 is 2.95 bits per heavy atom. The summed E-state index contributed by atoms with van der Waals surface area (Å²) in [4.78, 5) is 12.5. The maximum atomic E-state index is 13.6. The first-order chi connectivity index (χ1) is 10.1. The van der Waals surface area contributed by atoms with Gasteiger partial charge in [0.25, 0.3) is 5.91 Å². The number of carbonyl (C=O) groups excluding carboxylic acids is 1. The van der Waals surface area contributed by atoms with Crippen molar-refractivity contribution >= 4 is 34.5 Å². The number of halogens is 2. The second kappa shape index (κ2) is 7.23. The van der Waals surface area contributed by atoms with Crippen LogP contribution in [0.25, 0.3) is 0 Å². The molecule has 0 aliphatic carbocycles. The standard InChI is InChI=1S/C15H11ClFNO2S/c16-11-4-5-13(12(17)9-11)18-15(20)14-10(6-8-21-14)3-1-2-7-19/h4-6,8-9,19H,2,7H2,(H,18,20). The second-order valence-corrected chi connectivity index (χ2v) is 5.37. The van der Waals surface area contributed by atoms with Gasteiger partial charge in [0, 0.05) is 17.0 Å². The zero-order valence-electron chi connectivity index (χ0n) is 10.8. The SMILES string of the molecule is O=C(Nc1ccc(Cl)cc1F)c1sccc1C#CCCO. The highest BCUT2D eigenvalue weighted by Gasteiger charge is 2.14. The molecule has 108 valence electrons. The third-order valence-electron chi connectivity index (χ3n) is 2.51. The highest BCUT2D eigenvalue weighted by molar-refractivity contribution is 7.12.